The quantitative estimate of drug-likeness (QED) is 0.805. The molecule has 0 aliphatic heterocycles. The fraction of sp³-hybridized carbons (Fsp3) is 0.286. The molecule has 0 aliphatic rings. The van der Waals surface area contributed by atoms with Crippen LogP contribution in [0, 0.1) is 13.8 Å². The number of para-hydroxylation sites is 1. The summed E-state index contributed by atoms with van der Waals surface area (Å²) in [5.41, 5.74) is 2.16. The van der Waals surface area contributed by atoms with Gasteiger partial charge in [-0.3, -0.25) is 0 Å². The SMILES string of the molecule is COc1cc(Cl)nc(COc2c(C)cccc2C)n1. The van der Waals surface area contributed by atoms with Gasteiger partial charge in [-0.2, -0.15) is 4.98 Å². The van der Waals surface area contributed by atoms with Crippen LogP contribution in [0.25, 0.3) is 0 Å². The van der Waals surface area contributed by atoms with E-state index in [1.807, 2.05) is 32.0 Å². The van der Waals surface area contributed by atoms with Crippen molar-refractivity contribution in [3.63, 3.8) is 0 Å². The average Bonchev–Trinajstić information content (AvgIpc) is 2.37. The second-order valence-corrected chi connectivity index (χ2v) is 4.55. The Morgan fingerprint density at radius 1 is 1.16 bits per heavy atom. The topological polar surface area (TPSA) is 44.2 Å². The normalized spacial score (nSPS) is 10.3. The van der Waals surface area contributed by atoms with Crippen LogP contribution in [-0.4, -0.2) is 17.1 Å². The number of halogens is 1. The minimum atomic E-state index is 0.253. The summed E-state index contributed by atoms with van der Waals surface area (Å²) in [4.78, 5) is 8.29. The molecule has 4 nitrogen and oxygen atoms in total. The highest BCUT2D eigenvalue weighted by atomic mass is 35.5. The highest BCUT2D eigenvalue weighted by molar-refractivity contribution is 6.29. The number of methoxy groups -OCH3 is 1. The summed E-state index contributed by atoms with van der Waals surface area (Å²) in [6.07, 6.45) is 0. The van der Waals surface area contributed by atoms with Crippen LogP contribution >= 0.6 is 11.6 Å². The summed E-state index contributed by atoms with van der Waals surface area (Å²) in [6, 6.07) is 7.56. The minimum absolute atomic E-state index is 0.253. The van der Waals surface area contributed by atoms with E-state index in [2.05, 4.69) is 9.97 Å². The maximum atomic E-state index is 5.89. The van der Waals surface area contributed by atoms with Gasteiger partial charge in [0.25, 0.3) is 0 Å². The number of hydrogen-bond acceptors (Lipinski definition) is 4. The molecule has 2 rings (SSSR count). The highest BCUT2D eigenvalue weighted by Crippen LogP contribution is 2.23. The van der Waals surface area contributed by atoms with Crippen LogP contribution in [0.4, 0.5) is 0 Å². The molecular weight excluding hydrogens is 264 g/mol. The zero-order valence-corrected chi connectivity index (χ0v) is 11.9. The largest absolute Gasteiger partial charge is 0.485 e. The molecule has 0 bridgehead atoms. The van der Waals surface area contributed by atoms with Gasteiger partial charge in [-0.15, -0.1) is 0 Å². The van der Waals surface area contributed by atoms with E-state index in [9.17, 15) is 0 Å². The molecule has 2 aromatic rings. The van der Waals surface area contributed by atoms with Crippen LogP contribution in [0.1, 0.15) is 17.0 Å². The van der Waals surface area contributed by atoms with Crippen molar-refractivity contribution in [3.8, 4) is 11.6 Å². The first-order valence-corrected chi connectivity index (χ1v) is 6.24. The summed E-state index contributed by atoms with van der Waals surface area (Å²) in [5, 5.41) is 0.340. The number of hydrogen-bond donors (Lipinski definition) is 0. The van der Waals surface area contributed by atoms with E-state index in [0.29, 0.717) is 16.9 Å². The van der Waals surface area contributed by atoms with Crippen LogP contribution in [0.5, 0.6) is 11.6 Å². The third-order valence-electron chi connectivity index (χ3n) is 2.68. The fourth-order valence-corrected chi connectivity index (χ4v) is 1.97. The van der Waals surface area contributed by atoms with Gasteiger partial charge in [-0.05, 0) is 25.0 Å². The third kappa shape index (κ3) is 3.35. The average molecular weight is 279 g/mol. The molecular formula is C14H15ClN2O2. The lowest BCUT2D eigenvalue weighted by atomic mass is 10.1. The van der Waals surface area contributed by atoms with Crippen LogP contribution in [0.3, 0.4) is 0 Å². The van der Waals surface area contributed by atoms with Crippen LogP contribution < -0.4 is 9.47 Å². The molecule has 0 aliphatic carbocycles. The number of aromatic nitrogens is 2. The van der Waals surface area contributed by atoms with E-state index in [-0.39, 0.29) is 6.61 Å². The highest BCUT2D eigenvalue weighted by Gasteiger charge is 2.07. The molecule has 0 saturated heterocycles. The molecule has 0 spiro atoms. The molecule has 0 unspecified atom stereocenters. The Hall–Kier alpha value is -1.81. The van der Waals surface area contributed by atoms with Crippen molar-refractivity contribution in [2.45, 2.75) is 20.5 Å². The van der Waals surface area contributed by atoms with Gasteiger partial charge in [-0.1, -0.05) is 29.8 Å². The Morgan fingerprint density at radius 2 is 1.84 bits per heavy atom. The number of rotatable bonds is 4. The Balaban J connectivity index is 2.16. The maximum absolute atomic E-state index is 5.89. The van der Waals surface area contributed by atoms with Crippen LogP contribution in [0.15, 0.2) is 24.3 Å². The second kappa shape index (κ2) is 5.89. The van der Waals surface area contributed by atoms with E-state index in [1.165, 1.54) is 7.11 Å². The molecule has 0 radical (unpaired) electrons. The zero-order valence-electron chi connectivity index (χ0n) is 11.1. The van der Waals surface area contributed by atoms with E-state index in [1.54, 1.807) is 6.07 Å². The molecule has 0 amide bonds. The number of ether oxygens (including phenoxy) is 2. The molecule has 1 aromatic heterocycles. The Kier molecular flexibility index (Phi) is 4.22. The zero-order chi connectivity index (χ0) is 13.8. The van der Waals surface area contributed by atoms with Crippen molar-refractivity contribution in [1.82, 2.24) is 9.97 Å². The van der Waals surface area contributed by atoms with Gasteiger partial charge in [0.1, 0.15) is 17.5 Å². The maximum Gasteiger partial charge on any atom is 0.217 e. The molecule has 5 heteroatoms. The number of benzene rings is 1. The van der Waals surface area contributed by atoms with E-state index >= 15 is 0 Å². The van der Waals surface area contributed by atoms with Gasteiger partial charge in [0.15, 0.2) is 5.82 Å². The van der Waals surface area contributed by atoms with Crippen LogP contribution in [-0.2, 0) is 6.61 Å². The van der Waals surface area contributed by atoms with Crippen molar-refractivity contribution in [2.75, 3.05) is 7.11 Å². The summed E-state index contributed by atoms with van der Waals surface area (Å²) < 4.78 is 10.8. The molecule has 100 valence electrons. The Bertz CT molecular complexity index is 567. The molecule has 1 heterocycles. The van der Waals surface area contributed by atoms with E-state index in [4.69, 9.17) is 21.1 Å². The second-order valence-electron chi connectivity index (χ2n) is 4.16. The smallest absolute Gasteiger partial charge is 0.217 e. The standard InChI is InChI=1S/C14H15ClN2O2/c1-9-5-4-6-10(2)14(9)19-8-12-16-11(15)7-13(17-12)18-3/h4-7H,8H2,1-3H3. The predicted octanol–water partition coefficient (Wildman–Crippen LogP) is 3.33. The van der Waals surface area contributed by atoms with Gasteiger partial charge in [0, 0.05) is 6.07 Å². The summed E-state index contributed by atoms with van der Waals surface area (Å²) in [5.74, 6) is 1.78. The summed E-state index contributed by atoms with van der Waals surface area (Å²) >= 11 is 5.89. The van der Waals surface area contributed by atoms with Crippen molar-refractivity contribution in [2.24, 2.45) is 0 Å². The van der Waals surface area contributed by atoms with Gasteiger partial charge < -0.3 is 9.47 Å². The lowest BCUT2D eigenvalue weighted by Crippen LogP contribution is -2.04. The van der Waals surface area contributed by atoms with Crippen molar-refractivity contribution >= 4 is 11.6 Å². The molecule has 0 N–H and O–H groups in total. The van der Waals surface area contributed by atoms with Gasteiger partial charge in [0.2, 0.25) is 5.88 Å². The lowest BCUT2D eigenvalue weighted by molar-refractivity contribution is 0.288. The van der Waals surface area contributed by atoms with E-state index in [0.717, 1.165) is 16.9 Å². The minimum Gasteiger partial charge on any atom is -0.485 e. The molecule has 1 aromatic carbocycles. The third-order valence-corrected chi connectivity index (χ3v) is 2.87. The monoisotopic (exact) mass is 278 g/mol. The first-order chi connectivity index (χ1) is 9.10. The fourth-order valence-electron chi connectivity index (χ4n) is 1.77. The molecule has 0 saturated carbocycles. The Labute approximate surface area is 117 Å². The van der Waals surface area contributed by atoms with Crippen molar-refractivity contribution in [1.29, 1.82) is 0 Å². The summed E-state index contributed by atoms with van der Waals surface area (Å²) in [6.45, 7) is 4.26. The van der Waals surface area contributed by atoms with Crippen molar-refractivity contribution < 1.29 is 9.47 Å². The van der Waals surface area contributed by atoms with Gasteiger partial charge >= 0.3 is 0 Å². The lowest BCUT2D eigenvalue weighted by Gasteiger charge is -2.11. The molecule has 0 atom stereocenters. The first-order valence-electron chi connectivity index (χ1n) is 5.86. The molecule has 19 heavy (non-hydrogen) atoms. The van der Waals surface area contributed by atoms with E-state index < -0.39 is 0 Å². The van der Waals surface area contributed by atoms with Gasteiger partial charge in [-0.25, -0.2) is 4.98 Å². The predicted molar refractivity (Wildman–Crippen MR) is 73.8 cm³/mol. The van der Waals surface area contributed by atoms with Gasteiger partial charge in [0.05, 0.1) is 7.11 Å². The first kappa shape index (κ1) is 13.6. The van der Waals surface area contributed by atoms with Crippen molar-refractivity contribution in [3.05, 3.63) is 46.4 Å². The summed E-state index contributed by atoms with van der Waals surface area (Å²) in [7, 11) is 1.54. The molecule has 0 fully saturated rings. The number of aryl methyl sites for hydroxylation is 2. The van der Waals surface area contributed by atoms with Crippen LogP contribution in [0.2, 0.25) is 5.15 Å². The Morgan fingerprint density at radius 3 is 2.47 bits per heavy atom. The number of nitrogens with zero attached hydrogens (tertiary/aromatic N) is 2.